The Labute approximate surface area is 126 Å². The Balaban J connectivity index is 1.86. The maximum atomic E-state index is 8.75. The summed E-state index contributed by atoms with van der Waals surface area (Å²) in [5.41, 5.74) is 2.97. The molecular formula is C18H20N2O. The molecule has 1 N–H and O–H groups in total. The average molecular weight is 280 g/mol. The molecule has 0 bridgehead atoms. The molecule has 21 heavy (non-hydrogen) atoms. The maximum absolute atomic E-state index is 8.75. The molecule has 0 saturated heterocycles. The molecule has 0 saturated carbocycles. The molecule has 0 aliphatic heterocycles. The van der Waals surface area contributed by atoms with E-state index in [-0.39, 0.29) is 0 Å². The van der Waals surface area contributed by atoms with Gasteiger partial charge in [-0.25, -0.2) is 0 Å². The van der Waals surface area contributed by atoms with Gasteiger partial charge >= 0.3 is 0 Å². The summed E-state index contributed by atoms with van der Waals surface area (Å²) in [6.07, 6.45) is 0. The fourth-order valence-electron chi connectivity index (χ4n) is 1.87. The minimum atomic E-state index is 0.484. The van der Waals surface area contributed by atoms with Crippen molar-refractivity contribution in [2.24, 2.45) is 0 Å². The van der Waals surface area contributed by atoms with Crippen molar-refractivity contribution in [1.29, 1.82) is 5.26 Å². The third kappa shape index (κ3) is 4.94. The molecule has 0 amide bonds. The van der Waals surface area contributed by atoms with Crippen LogP contribution < -0.4 is 10.1 Å². The van der Waals surface area contributed by atoms with E-state index in [1.807, 2.05) is 24.3 Å². The fourth-order valence-corrected chi connectivity index (χ4v) is 1.87. The van der Waals surface area contributed by atoms with Crippen LogP contribution in [0.1, 0.15) is 30.5 Å². The molecular weight excluding hydrogens is 260 g/mol. The number of nitrogens with one attached hydrogen (secondary N) is 1. The summed E-state index contributed by atoms with van der Waals surface area (Å²) >= 11 is 0. The van der Waals surface area contributed by atoms with E-state index in [1.54, 1.807) is 12.1 Å². The Morgan fingerprint density at radius 1 is 1.00 bits per heavy atom. The van der Waals surface area contributed by atoms with Crippen molar-refractivity contribution in [1.82, 2.24) is 5.32 Å². The summed E-state index contributed by atoms with van der Waals surface area (Å²) in [5.74, 6) is 0.854. The third-order valence-electron chi connectivity index (χ3n) is 3.13. The van der Waals surface area contributed by atoms with Crippen molar-refractivity contribution in [2.75, 3.05) is 0 Å². The Hall–Kier alpha value is -2.31. The Morgan fingerprint density at radius 3 is 2.19 bits per heavy atom. The van der Waals surface area contributed by atoms with E-state index in [2.05, 4.69) is 37.4 Å². The zero-order valence-electron chi connectivity index (χ0n) is 12.5. The van der Waals surface area contributed by atoms with E-state index in [0.717, 1.165) is 17.9 Å². The first-order chi connectivity index (χ1) is 10.2. The molecule has 0 spiro atoms. The van der Waals surface area contributed by atoms with Gasteiger partial charge in [-0.15, -0.1) is 0 Å². The van der Waals surface area contributed by atoms with Crippen LogP contribution in [0.4, 0.5) is 0 Å². The van der Waals surface area contributed by atoms with E-state index in [4.69, 9.17) is 10.00 Å². The minimum Gasteiger partial charge on any atom is -0.489 e. The number of nitrogens with zero attached hydrogens (tertiary/aromatic N) is 1. The molecule has 2 aromatic rings. The second-order valence-electron chi connectivity index (χ2n) is 5.28. The van der Waals surface area contributed by atoms with Crippen molar-refractivity contribution < 1.29 is 4.74 Å². The second-order valence-corrected chi connectivity index (χ2v) is 5.28. The summed E-state index contributed by atoms with van der Waals surface area (Å²) in [6.45, 7) is 5.65. The maximum Gasteiger partial charge on any atom is 0.119 e. The normalized spacial score (nSPS) is 10.4. The van der Waals surface area contributed by atoms with Crippen LogP contribution in [0.15, 0.2) is 48.5 Å². The summed E-state index contributed by atoms with van der Waals surface area (Å²) in [7, 11) is 0. The number of nitriles is 1. The zero-order chi connectivity index (χ0) is 15.1. The number of ether oxygens (including phenoxy) is 1. The lowest BCUT2D eigenvalue weighted by atomic mass is 10.1. The highest BCUT2D eigenvalue weighted by atomic mass is 16.5. The quantitative estimate of drug-likeness (QED) is 0.878. The molecule has 3 nitrogen and oxygen atoms in total. The number of rotatable bonds is 6. The molecule has 0 aromatic heterocycles. The van der Waals surface area contributed by atoms with Gasteiger partial charge in [-0.3, -0.25) is 0 Å². The SMILES string of the molecule is CC(C)NCc1ccc(OCc2ccc(C#N)cc2)cc1. The lowest BCUT2D eigenvalue weighted by molar-refractivity contribution is 0.306. The predicted molar refractivity (Wildman–Crippen MR) is 83.9 cm³/mol. The lowest BCUT2D eigenvalue weighted by Crippen LogP contribution is -2.21. The standard InChI is InChI=1S/C18H20N2O/c1-14(2)20-12-16-7-9-18(10-8-16)21-13-17-5-3-15(11-19)4-6-17/h3-10,14,20H,12-13H2,1-2H3. The number of hydrogen-bond acceptors (Lipinski definition) is 3. The lowest BCUT2D eigenvalue weighted by Gasteiger charge is -2.10. The molecule has 0 aliphatic carbocycles. The summed E-state index contributed by atoms with van der Waals surface area (Å²) in [4.78, 5) is 0. The van der Waals surface area contributed by atoms with Gasteiger partial charge in [0.15, 0.2) is 0 Å². The molecule has 0 radical (unpaired) electrons. The third-order valence-corrected chi connectivity index (χ3v) is 3.13. The second kappa shape index (κ2) is 7.47. The van der Waals surface area contributed by atoms with Gasteiger partial charge < -0.3 is 10.1 Å². The van der Waals surface area contributed by atoms with Gasteiger partial charge in [-0.1, -0.05) is 38.1 Å². The summed E-state index contributed by atoms with van der Waals surface area (Å²) < 4.78 is 5.74. The van der Waals surface area contributed by atoms with Gasteiger partial charge in [0.25, 0.3) is 0 Å². The van der Waals surface area contributed by atoms with Crippen LogP contribution in [0.25, 0.3) is 0 Å². The van der Waals surface area contributed by atoms with E-state index in [1.165, 1.54) is 5.56 Å². The van der Waals surface area contributed by atoms with Gasteiger partial charge in [0.2, 0.25) is 0 Å². The Bertz CT molecular complexity index is 595. The summed E-state index contributed by atoms with van der Waals surface area (Å²) in [6, 6.07) is 18.2. The van der Waals surface area contributed by atoms with E-state index < -0.39 is 0 Å². The summed E-state index contributed by atoms with van der Waals surface area (Å²) in [5, 5.41) is 12.1. The molecule has 0 fully saturated rings. The van der Waals surface area contributed by atoms with Crippen LogP contribution in [-0.2, 0) is 13.2 Å². The molecule has 2 aromatic carbocycles. The minimum absolute atomic E-state index is 0.484. The van der Waals surface area contributed by atoms with Gasteiger partial charge in [0.05, 0.1) is 11.6 Å². The molecule has 0 unspecified atom stereocenters. The van der Waals surface area contributed by atoms with Gasteiger partial charge in [0, 0.05) is 12.6 Å². The Morgan fingerprint density at radius 2 is 1.62 bits per heavy atom. The van der Waals surface area contributed by atoms with Crippen LogP contribution in [0.3, 0.4) is 0 Å². The molecule has 0 atom stereocenters. The monoisotopic (exact) mass is 280 g/mol. The van der Waals surface area contributed by atoms with Crippen LogP contribution in [0, 0.1) is 11.3 Å². The van der Waals surface area contributed by atoms with Crippen LogP contribution in [-0.4, -0.2) is 6.04 Å². The van der Waals surface area contributed by atoms with Crippen LogP contribution >= 0.6 is 0 Å². The fraction of sp³-hybridized carbons (Fsp3) is 0.278. The topological polar surface area (TPSA) is 45.0 Å². The van der Waals surface area contributed by atoms with Gasteiger partial charge in [-0.2, -0.15) is 5.26 Å². The highest BCUT2D eigenvalue weighted by molar-refractivity contribution is 5.32. The van der Waals surface area contributed by atoms with Gasteiger partial charge in [0.1, 0.15) is 12.4 Å². The van der Waals surface area contributed by atoms with E-state index >= 15 is 0 Å². The van der Waals surface area contributed by atoms with Crippen molar-refractivity contribution in [3.05, 3.63) is 65.2 Å². The Kier molecular flexibility index (Phi) is 5.36. The largest absolute Gasteiger partial charge is 0.489 e. The highest BCUT2D eigenvalue weighted by Crippen LogP contribution is 2.14. The van der Waals surface area contributed by atoms with Crippen molar-refractivity contribution >= 4 is 0 Å². The van der Waals surface area contributed by atoms with Crippen LogP contribution in [0.5, 0.6) is 5.75 Å². The predicted octanol–water partition coefficient (Wildman–Crippen LogP) is 3.64. The van der Waals surface area contributed by atoms with Gasteiger partial charge in [-0.05, 0) is 35.4 Å². The molecule has 0 aliphatic rings. The smallest absolute Gasteiger partial charge is 0.119 e. The highest BCUT2D eigenvalue weighted by Gasteiger charge is 1.99. The zero-order valence-corrected chi connectivity index (χ0v) is 12.5. The first kappa shape index (κ1) is 15.1. The molecule has 108 valence electrons. The van der Waals surface area contributed by atoms with Crippen molar-refractivity contribution in [2.45, 2.75) is 33.0 Å². The first-order valence-corrected chi connectivity index (χ1v) is 7.11. The number of benzene rings is 2. The molecule has 2 rings (SSSR count). The van der Waals surface area contributed by atoms with Crippen molar-refractivity contribution in [3.8, 4) is 11.8 Å². The molecule has 3 heteroatoms. The number of hydrogen-bond donors (Lipinski definition) is 1. The molecule has 0 heterocycles. The van der Waals surface area contributed by atoms with Crippen molar-refractivity contribution in [3.63, 3.8) is 0 Å². The van der Waals surface area contributed by atoms with E-state index in [0.29, 0.717) is 18.2 Å². The average Bonchev–Trinajstić information content (AvgIpc) is 2.52. The van der Waals surface area contributed by atoms with E-state index in [9.17, 15) is 0 Å². The van der Waals surface area contributed by atoms with Crippen LogP contribution in [0.2, 0.25) is 0 Å². The first-order valence-electron chi connectivity index (χ1n) is 7.11.